The summed E-state index contributed by atoms with van der Waals surface area (Å²) in [6, 6.07) is 21.7. The van der Waals surface area contributed by atoms with Crippen LogP contribution >= 0.6 is 27.5 Å². The molecule has 1 unspecified atom stereocenters. The van der Waals surface area contributed by atoms with Gasteiger partial charge < -0.3 is 10.2 Å². The number of nitrogens with one attached hydrogen (secondary N) is 1. The Morgan fingerprint density at radius 1 is 0.944 bits per heavy atom. The van der Waals surface area contributed by atoms with E-state index in [0.29, 0.717) is 5.02 Å². The van der Waals surface area contributed by atoms with E-state index in [9.17, 15) is 18.0 Å². The van der Waals surface area contributed by atoms with E-state index >= 15 is 0 Å². The van der Waals surface area contributed by atoms with Gasteiger partial charge in [0.2, 0.25) is 21.8 Å². The Morgan fingerprint density at radius 3 is 2.14 bits per heavy atom. The number of sulfonamides is 1. The largest absolute Gasteiger partial charge is 0.357 e. The van der Waals surface area contributed by atoms with E-state index in [1.54, 1.807) is 0 Å². The molecule has 3 rings (SSSR count). The van der Waals surface area contributed by atoms with Crippen LogP contribution in [0.5, 0.6) is 0 Å². The number of carbonyl (C=O) groups is 2. The van der Waals surface area contributed by atoms with Gasteiger partial charge in [0.1, 0.15) is 6.04 Å². The monoisotopic (exact) mass is 591 g/mol. The molecule has 1 atom stereocenters. The fourth-order valence-corrected chi connectivity index (χ4v) is 5.17. The molecule has 0 spiro atoms. The second-order valence-electron chi connectivity index (χ2n) is 8.18. The van der Waals surface area contributed by atoms with Crippen LogP contribution in [0.3, 0.4) is 0 Å². The number of rotatable bonds is 10. The van der Waals surface area contributed by atoms with Crippen molar-refractivity contribution in [1.82, 2.24) is 14.5 Å². The standard InChI is InChI=1S/C26H27BrClN3O4S/c1-29-26(33)24(16-19-6-4-3-5-7-19)31(17-20-8-10-21(27)11-9-20)25(32)18-30(2)36(34,35)23-14-12-22(28)13-15-23/h3-15,24H,16-18H2,1-2H3,(H,29,33). The zero-order valence-electron chi connectivity index (χ0n) is 19.9. The Balaban J connectivity index is 1.93. The maximum absolute atomic E-state index is 13.6. The van der Waals surface area contributed by atoms with Crippen LogP contribution in [0.15, 0.2) is 88.2 Å². The number of hydrogen-bond donors (Lipinski definition) is 1. The fraction of sp³-hybridized carbons (Fsp3) is 0.231. The maximum atomic E-state index is 13.6. The summed E-state index contributed by atoms with van der Waals surface area (Å²) in [5, 5.41) is 3.05. The van der Waals surface area contributed by atoms with E-state index in [1.165, 1.54) is 43.3 Å². The molecule has 0 bridgehead atoms. The van der Waals surface area contributed by atoms with Crippen LogP contribution in [0.2, 0.25) is 5.02 Å². The van der Waals surface area contributed by atoms with Gasteiger partial charge >= 0.3 is 0 Å². The van der Waals surface area contributed by atoms with Gasteiger partial charge in [-0.2, -0.15) is 4.31 Å². The predicted molar refractivity (Wildman–Crippen MR) is 144 cm³/mol. The minimum atomic E-state index is -3.95. The third-order valence-electron chi connectivity index (χ3n) is 5.66. The Labute approximate surface area is 225 Å². The predicted octanol–water partition coefficient (Wildman–Crippen LogP) is 4.11. The van der Waals surface area contributed by atoms with Gasteiger partial charge in [-0.25, -0.2) is 8.42 Å². The number of nitrogens with zero attached hydrogens (tertiary/aromatic N) is 2. The summed E-state index contributed by atoms with van der Waals surface area (Å²) < 4.78 is 28.0. The molecule has 0 saturated carbocycles. The minimum Gasteiger partial charge on any atom is -0.357 e. The van der Waals surface area contributed by atoms with Crippen LogP contribution in [-0.4, -0.2) is 56.1 Å². The molecule has 0 aliphatic heterocycles. The molecule has 3 aromatic carbocycles. The number of amides is 2. The summed E-state index contributed by atoms with van der Waals surface area (Å²) >= 11 is 9.29. The van der Waals surface area contributed by atoms with Gasteiger partial charge in [0.25, 0.3) is 0 Å². The first-order valence-electron chi connectivity index (χ1n) is 11.1. The minimum absolute atomic E-state index is 0.0220. The normalized spacial score (nSPS) is 12.2. The highest BCUT2D eigenvalue weighted by atomic mass is 79.9. The molecule has 0 aromatic heterocycles. The molecule has 0 aliphatic rings. The molecule has 0 fully saturated rings. The number of benzene rings is 3. The van der Waals surface area contributed by atoms with Crippen LogP contribution in [0.4, 0.5) is 0 Å². The Hall–Kier alpha value is -2.72. The summed E-state index contributed by atoms with van der Waals surface area (Å²) in [5.41, 5.74) is 1.68. The van der Waals surface area contributed by atoms with E-state index in [4.69, 9.17) is 11.6 Å². The lowest BCUT2D eigenvalue weighted by Crippen LogP contribution is -2.52. The first-order chi connectivity index (χ1) is 17.1. The third-order valence-corrected chi connectivity index (χ3v) is 8.26. The van der Waals surface area contributed by atoms with Crippen molar-refractivity contribution in [1.29, 1.82) is 0 Å². The van der Waals surface area contributed by atoms with Gasteiger partial charge in [0.15, 0.2) is 0 Å². The highest BCUT2D eigenvalue weighted by Gasteiger charge is 2.32. The summed E-state index contributed by atoms with van der Waals surface area (Å²) in [4.78, 5) is 28.1. The molecule has 3 aromatic rings. The van der Waals surface area contributed by atoms with Crippen LogP contribution in [0.1, 0.15) is 11.1 Å². The topological polar surface area (TPSA) is 86.8 Å². The lowest BCUT2D eigenvalue weighted by atomic mass is 10.0. The molecule has 36 heavy (non-hydrogen) atoms. The first kappa shape index (κ1) is 27.9. The molecule has 1 N–H and O–H groups in total. The van der Waals surface area contributed by atoms with Crippen LogP contribution < -0.4 is 5.32 Å². The number of hydrogen-bond acceptors (Lipinski definition) is 4. The summed E-state index contributed by atoms with van der Waals surface area (Å²) in [7, 11) is -1.10. The number of halogens is 2. The number of likely N-dealkylation sites (N-methyl/N-ethyl adjacent to an activating group) is 2. The third kappa shape index (κ3) is 7.16. The first-order valence-corrected chi connectivity index (χ1v) is 13.7. The SMILES string of the molecule is CNC(=O)C(Cc1ccccc1)N(Cc1ccc(Br)cc1)C(=O)CN(C)S(=O)(=O)c1ccc(Cl)cc1. The van der Waals surface area contributed by atoms with Crippen molar-refractivity contribution in [3.8, 4) is 0 Å². The lowest BCUT2D eigenvalue weighted by Gasteiger charge is -2.32. The quantitative estimate of drug-likeness (QED) is 0.384. The molecule has 0 saturated heterocycles. The lowest BCUT2D eigenvalue weighted by molar-refractivity contribution is -0.141. The summed E-state index contributed by atoms with van der Waals surface area (Å²) in [6.45, 7) is -0.310. The molecule has 0 heterocycles. The van der Waals surface area contributed by atoms with Gasteiger partial charge in [-0.15, -0.1) is 0 Å². The second kappa shape index (κ2) is 12.5. The van der Waals surface area contributed by atoms with Crippen LogP contribution in [0, 0.1) is 0 Å². The molecular weight excluding hydrogens is 566 g/mol. The Morgan fingerprint density at radius 2 is 1.56 bits per heavy atom. The van der Waals surface area contributed by atoms with Gasteiger partial charge in [-0.3, -0.25) is 9.59 Å². The van der Waals surface area contributed by atoms with Crippen molar-refractivity contribution in [2.24, 2.45) is 0 Å². The van der Waals surface area contributed by atoms with Crippen molar-refractivity contribution < 1.29 is 18.0 Å². The van der Waals surface area contributed by atoms with Gasteiger partial charge in [-0.05, 0) is 47.5 Å². The highest BCUT2D eigenvalue weighted by molar-refractivity contribution is 9.10. The zero-order chi connectivity index (χ0) is 26.3. The zero-order valence-corrected chi connectivity index (χ0v) is 23.1. The second-order valence-corrected chi connectivity index (χ2v) is 11.6. The van der Waals surface area contributed by atoms with Crippen molar-refractivity contribution in [3.63, 3.8) is 0 Å². The Kier molecular flexibility index (Phi) is 9.67. The Bertz CT molecular complexity index is 1290. The summed E-state index contributed by atoms with van der Waals surface area (Å²) in [5.74, 6) is -0.838. The molecule has 7 nitrogen and oxygen atoms in total. The molecule has 190 valence electrons. The van der Waals surface area contributed by atoms with E-state index in [-0.39, 0.29) is 23.8 Å². The van der Waals surface area contributed by atoms with Crippen molar-refractivity contribution in [2.75, 3.05) is 20.6 Å². The molecule has 10 heteroatoms. The molecule has 0 aliphatic carbocycles. The molecule has 2 amide bonds. The average Bonchev–Trinajstić information content (AvgIpc) is 2.87. The fourth-order valence-electron chi connectivity index (χ4n) is 3.66. The highest BCUT2D eigenvalue weighted by Crippen LogP contribution is 2.20. The van der Waals surface area contributed by atoms with Gasteiger partial charge in [0, 0.05) is 36.6 Å². The van der Waals surface area contributed by atoms with Crippen LogP contribution in [0.25, 0.3) is 0 Å². The van der Waals surface area contributed by atoms with E-state index in [2.05, 4.69) is 21.2 Å². The average molecular weight is 593 g/mol. The van der Waals surface area contributed by atoms with E-state index in [1.807, 2.05) is 54.6 Å². The van der Waals surface area contributed by atoms with Gasteiger partial charge in [0.05, 0.1) is 11.4 Å². The summed E-state index contributed by atoms with van der Waals surface area (Å²) in [6.07, 6.45) is 0.274. The maximum Gasteiger partial charge on any atom is 0.243 e. The number of carbonyl (C=O) groups excluding carboxylic acids is 2. The molecular formula is C26H27BrClN3O4S. The van der Waals surface area contributed by atoms with Crippen LogP contribution in [-0.2, 0) is 32.6 Å². The molecule has 0 radical (unpaired) electrons. The van der Waals surface area contributed by atoms with E-state index < -0.39 is 28.5 Å². The van der Waals surface area contributed by atoms with Crippen molar-refractivity contribution >= 4 is 49.4 Å². The smallest absolute Gasteiger partial charge is 0.243 e. The van der Waals surface area contributed by atoms with E-state index in [0.717, 1.165) is 19.9 Å². The van der Waals surface area contributed by atoms with Crippen molar-refractivity contribution in [2.45, 2.75) is 23.9 Å². The van der Waals surface area contributed by atoms with Crippen molar-refractivity contribution in [3.05, 3.63) is 99.5 Å². The van der Waals surface area contributed by atoms with Gasteiger partial charge in [-0.1, -0.05) is 70.0 Å².